The van der Waals surface area contributed by atoms with Crippen LogP contribution in [0.25, 0.3) is 22.4 Å². The normalized spacial score (nSPS) is 10.4. The van der Waals surface area contributed by atoms with Crippen LogP contribution in [0.2, 0.25) is 0 Å². The molecule has 0 amide bonds. The molecule has 0 fully saturated rings. The Hall–Kier alpha value is -3.13. The maximum Gasteiger partial charge on any atom is 0.207 e. The van der Waals surface area contributed by atoms with Crippen molar-refractivity contribution in [3.8, 4) is 56.9 Å². The molecule has 0 spiro atoms. The summed E-state index contributed by atoms with van der Waals surface area (Å²) in [5, 5.41) is 1.95. The lowest BCUT2D eigenvalue weighted by Gasteiger charge is -2.18. The highest BCUT2D eigenvalue weighted by Gasteiger charge is 2.25. The second-order valence-electron chi connectivity index (χ2n) is 5.87. The van der Waals surface area contributed by atoms with E-state index in [1.807, 2.05) is 29.6 Å². The SMILES string of the molecule is COc1ccc(-c2nscc2-c2cc(OC)c(OC)c(OC)c2OC)cc1OC. The molecule has 2 aromatic carbocycles. The highest BCUT2D eigenvalue weighted by atomic mass is 32.1. The lowest BCUT2D eigenvalue weighted by molar-refractivity contribution is 0.306. The maximum atomic E-state index is 5.68. The quantitative estimate of drug-likeness (QED) is 0.533. The van der Waals surface area contributed by atoms with Crippen molar-refractivity contribution in [2.45, 2.75) is 0 Å². The van der Waals surface area contributed by atoms with Gasteiger partial charge in [0.15, 0.2) is 23.0 Å². The minimum absolute atomic E-state index is 0.453. The summed E-state index contributed by atoms with van der Waals surface area (Å²) >= 11 is 1.34. The van der Waals surface area contributed by atoms with Gasteiger partial charge in [-0.15, -0.1) is 0 Å². The van der Waals surface area contributed by atoms with Crippen molar-refractivity contribution in [1.82, 2.24) is 4.37 Å². The first-order chi connectivity index (χ1) is 14.1. The molecule has 0 atom stereocenters. The first-order valence-corrected chi connectivity index (χ1v) is 9.51. The summed E-state index contributed by atoms with van der Waals surface area (Å²) in [7, 11) is 9.49. The Morgan fingerprint density at radius 1 is 0.621 bits per heavy atom. The zero-order chi connectivity index (χ0) is 21.0. The standard InChI is InChI=1S/C21H23NO6S/c1-23-15-8-7-12(9-16(15)24-2)18-14(11-29-22-18)13-10-17(25-3)20(27-5)21(28-6)19(13)26-4/h7-11H,1-6H3. The van der Waals surface area contributed by atoms with Crippen LogP contribution in [0.15, 0.2) is 29.6 Å². The van der Waals surface area contributed by atoms with Crippen LogP contribution < -0.4 is 28.4 Å². The Morgan fingerprint density at radius 3 is 1.86 bits per heavy atom. The van der Waals surface area contributed by atoms with E-state index in [1.54, 1.807) is 42.7 Å². The van der Waals surface area contributed by atoms with Gasteiger partial charge in [-0.05, 0) is 35.8 Å². The summed E-state index contributed by atoms with van der Waals surface area (Å²) in [5.41, 5.74) is 3.32. The van der Waals surface area contributed by atoms with Gasteiger partial charge in [0, 0.05) is 22.1 Å². The number of aromatic nitrogens is 1. The minimum atomic E-state index is 0.453. The molecule has 154 valence electrons. The van der Waals surface area contributed by atoms with Crippen molar-refractivity contribution in [2.24, 2.45) is 0 Å². The Morgan fingerprint density at radius 2 is 1.28 bits per heavy atom. The molecule has 0 bridgehead atoms. The number of hydrogen-bond donors (Lipinski definition) is 0. The summed E-state index contributed by atoms with van der Waals surface area (Å²) in [6.07, 6.45) is 0. The molecular weight excluding hydrogens is 394 g/mol. The third kappa shape index (κ3) is 3.63. The Kier molecular flexibility index (Phi) is 6.33. The van der Waals surface area contributed by atoms with Crippen LogP contribution in [0.4, 0.5) is 0 Å². The molecule has 0 aliphatic rings. The van der Waals surface area contributed by atoms with E-state index in [0.29, 0.717) is 34.5 Å². The van der Waals surface area contributed by atoms with E-state index in [0.717, 1.165) is 22.4 Å². The molecule has 7 nitrogen and oxygen atoms in total. The number of ether oxygens (including phenoxy) is 6. The summed E-state index contributed by atoms with van der Waals surface area (Å²) in [6.45, 7) is 0. The Bertz CT molecular complexity index is 1000. The lowest BCUT2D eigenvalue weighted by Crippen LogP contribution is -2.00. The van der Waals surface area contributed by atoms with Crippen molar-refractivity contribution in [3.05, 3.63) is 29.6 Å². The molecule has 3 aromatic rings. The number of nitrogens with zero attached hydrogens (tertiary/aromatic N) is 1. The summed E-state index contributed by atoms with van der Waals surface area (Å²) < 4.78 is 37.6. The van der Waals surface area contributed by atoms with Gasteiger partial charge in [0.1, 0.15) is 0 Å². The van der Waals surface area contributed by atoms with Crippen LogP contribution in [0, 0.1) is 0 Å². The molecule has 0 saturated carbocycles. The topological polar surface area (TPSA) is 68.3 Å². The molecule has 0 saturated heterocycles. The third-order valence-corrected chi connectivity index (χ3v) is 5.13. The fourth-order valence-electron chi connectivity index (χ4n) is 3.15. The zero-order valence-corrected chi connectivity index (χ0v) is 18.0. The van der Waals surface area contributed by atoms with E-state index < -0.39 is 0 Å². The molecule has 0 unspecified atom stereocenters. The predicted molar refractivity (Wildman–Crippen MR) is 112 cm³/mol. The van der Waals surface area contributed by atoms with E-state index in [2.05, 4.69) is 4.37 Å². The summed E-state index contributed by atoms with van der Waals surface area (Å²) in [6, 6.07) is 7.53. The van der Waals surface area contributed by atoms with Crippen LogP contribution in [-0.4, -0.2) is 47.0 Å². The van der Waals surface area contributed by atoms with E-state index in [4.69, 9.17) is 28.4 Å². The highest BCUT2D eigenvalue weighted by Crippen LogP contribution is 2.51. The average Bonchev–Trinajstić information content (AvgIpc) is 3.26. The molecule has 0 radical (unpaired) electrons. The van der Waals surface area contributed by atoms with Gasteiger partial charge in [0.25, 0.3) is 0 Å². The van der Waals surface area contributed by atoms with E-state index in [1.165, 1.54) is 11.5 Å². The van der Waals surface area contributed by atoms with Crippen LogP contribution >= 0.6 is 11.5 Å². The molecule has 0 aliphatic heterocycles. The Balaban J connectivity index is 2.23. The monoisotopic (exact) mass is 417 g/mol. The molecule has 0 N–H and O–H groups in total. The number of benzene rings is 2. The van der Waals surface area contributed by atoms with Crippen molar-refractivity contribution in [1.29, 1.82) is 0 Å². The minimum Gasteiger partial charge on any atom is -0.493 e. The fraction of sp³-hybridized carbons (Fsp3) is 0.286. The van der Waals surface area contributed by atoms with E-state index >= 15 is 0 Å². The fourth-order valence-corrected chi connectivity index (χ4v) is 3.86. The number of rotatable bonds is 8. The summed E-state index contributed by atoms with van der Waals surface area (Å²) in [5.74, 6) is 3.26. The third-order valence-electron chi connectivity index (χ3n) is 4.51. The van der Waals surface area contributed by atoms with Gasteiger partial charge < -0.3 is 28.4 Å². The maximum absolute atomic E-state index is 5.68. The molecule has 1 heterocycles. The molecule has 1 aromatic heterocycles. The number of hydrogen-bond acceptors (Lipinski definition) is 8. The number of methoxy groups -OCH3 is 6. The van der Waals surface area contributed by atoms with Crippen molar-refractivity contribution in [2.75, 3.05) is 42.7 Å². The van der Waals surface area contributed by atoms with Gasteiger partial charge in [-0.2, -0.15) is 4.37 Å². The van der Waals surface area contributed by atoms with Crippen molar-refractivity contribution < 1.29 is 28.4 Å². The first kappa shape index (κ1) is 20.6. The second-order valence-corrected chi connectivity index (χ2v) is 6.50. The van der Waals surface area contributed by atoms with Crippen LogP contribution in [-0.2, 0) is 0 Å². The predicted octanol–water partition coefficient (Wildman–Crippen LogP) is 4.53. The molecule has 8 heteroatoms. The Labute approximate surface area is 173 Å². The average molecular weight is 417 g/mol. The molecule has 29 heavy (non-hydrogen) atoms. The van der Waals surface area contributed by atoms with Crippen LogP contribution in [0.5, 0.6) is 34.5 Å². The van der Waals surface area contributed by atoms with Crippen LogP contribution in [0.3, 0.4) is 0 Å². The van der Waals surface area contributed by atoms with E-state index in [-0.39, 0.29) is 0 Å². The van der Waals surface area contributed by atoms with Gasteiger partial charge in [-0.3, -0.25) is 0 Å². The molecule has 3 rings (SSSR count). The van der Waals surface area contributed by atoms with Crippen LogP contribution in [0.1, 0.15) is 0 Å². The lowest BCUT2D eigenvalue weighted by atomic mass is 9.99. The largest absolute Gasteiger partial charge is 0.493 e. The summed E-state index contributed by atoms with van der Waals surface area (Å²) in [4.78, 5) is 0. The van der Waals surface area contributed by atoms with Gasteiger partial charge in [-0.1, -0.05) is 0 Å². The van der Waals surface area contributed by atoms with E-state index in [9.17, 15) is 0 Å². The van der Waals surface area contributed by atoms with Gasteiger partial charge >= 0.3 is 0 Å². The highest BCUT2D eigenvalue weighted by molar-refractivity contribution is 7.04. The van der Waals surface area contributed by atoms with Crippen molar-refractivity contribution >= 4 is 11.5 Å². The molecular formula is C21H23NO6S. The smallest absolute Gasteiger partial charge is 0.207 e. The van der Waals surface area contributed by atoms with Gasteiger partial charge in [-0.25, -0.2) is 0 Å². The second kappa shape index (κ2) is 8.91. The first-order valence-electron chi connectivity index (χ1n) is 8.67. The van der Waals surface area contributed by atoms with Gasteiger partial charge in [0.2, 0.25) is 11.5 Å². The van der Waals surface area contributed by atoms with Crippen molar-refractivity contribution in [3.63, 3.8) is 0 Å². The zero-order valence-electron chi connectivity index (χ0n) is 17.2. The molecule has 0 aliphatic carbocycles. The van der Waals surface area contributed by atoms with Gasteiger partial charge in [0.05, 0.1) is 48.4 Å².